The van der Waals surface area contributed by atoms with Crippen LogP contribution in [0.15, 0.2) is 12.3 Å². The fourth-order valence-electron chi connectivity index (χ4n) is 1.53. The molecule has 1 N–H and O–H groups in total. The van der Waals surface area contributed by atoms with Gasteiger partial charge in [0.25, 0.3) is 0 Å². The van der Waals surface area contributed by atoms with Gasteiger partial charge >= 0.3 is 0 Å². The maximum Gasteiger partial charge on any atom is 0.162 e. The molecule has 0 aliphatic rings. The molecule has 0 saturated heterocycles. The number of anilines is 1. The molecule has 3 nitrogen and oxygen atoms in total. The number of hydrogen-bond donors (Lipinski definition) is 1. The van der Waals surface area contributed by atoms with Crippen molar-refractivity contribution in [3.8, 4) is 11.4 Å². The number of aromatic nitrogens is 2. The average Bonchev–Trinajstić information content (AvgIpc) is 2.59. The summed E-state index contributed by atoms with van der Waals surface area (Å²) in [5, 5.41) is 3.08. The maximum absolute atomic E-state index is 4.51. The summed E-state index contributed by atoms with van der Waals surface area (Å²) in [7, 11) is 1.88. The van der Waals surface area contributed by atoms with E-state index in [1.54, 1.807) is 11.3 Å². The maximum atomic E-state index is 4.51. The number of rotatable bonds is 2. The van der Waals surface area contributed by atoms with Gasteiger partial charge in [0.1, 0.15) is 5.82 Å². The lowest BCUT2D eigenvalue weighted by Gasteiger charge is -2.04. The summed E-state index contributed by atoms with van der Waals surface area (Å²) in [6.07, 6.45) is 1.85. The van der Waals surface area contributed by atoms with Gasteiger partial charge in [-0.05, 0) is 42.5 Å². The Labute approximate surface area is 112 Å². The van der Waals surface area contributed by atoms with Gasteiger partial charge in [-0.3, -0.25) is 0 Å². The average molecular weight is 345 g/mol. The van der Waals surface area contributed by atoms with Crippen LogP contribution in [0.25, 0.3) is 11.4 Å². The van der Waals surface area contributed by atoms with E-state index >= 15 is 0 Å². The van der Waals surface area contributed by atoms with Crippen LogP contribution in [-0.4, -0.2) is 17.0 Å². The quantitative estimate of drug-likeness (QED) is 0.847. The van der Waals surface area contributed by atoms with Gasteiger partial charge in [0.05, 0.1) is 3.57 Å². The molecule has 5 heteroatoms. The van der Waals surface area contributed by atoms with Gasteiger partial charge < -0.3 is 5.32 Å². The van der Waals surface area contributed by atoms with Crippen LogP contribution in [0.2, 0.25) is 0 Å². The van der Waals surface area contributed by atoms with Gasteiger partial charge in [-0.1, -0.05) is 0 Å². The van der Waals surface area contributed by atoms with Gasteiger partial charge in [-0.25, -0.2) is 9.97 Å². The second-order valence-electron chi connectivity index (χ2n) is 3.47. The van der Waals surface area contributed by atoms with Crippen LogP contribution in [0.1, 0.15) is 9.75 Å². The minimum Gasteiger partial charge on any atom is -0.372 e. The molecule has 84 valence electrons. The third kappa shape index (κ3) is 2.20. The number of nitrogens with one attached hydrogen (secondary N) is 1. The Bertz CT molecular complexity index is 522. The SMILES string of the molecule is CNc1nc(-c2cc(C)sc2C)ncc1I. The van der Waals surface area contributed by atoms with E-state index < -0.39 is 0 Å². The molecule has 0 radical (unpaired) electrons. The minimum absolute atomic E-state index is 0.798. The Balaban J connectivity index is 2.52. The van der Waals surface area contributed by atoms with E-state index in [0.29, 0.717) is 0 Å². The van der Waals surface area contributed by atoms with E-state index in [-0.39, 0.29) is 0 Å². The molecule has 0 spiro atoms. The number of hydrogen-bond acceptors (Lipinski definition) is 4. The van der Waals surface area contributed by atoms with Crippen molar-refractivity contribution >= 4 is 39.7 Å². The van der Waals surface area contributed by atoms with Crippen molar-refractivity contribution < 1.29 is 0 Å². The van der Waals surface area contributed by atoms with Crippen molar-refractivity contribution in [1.29, 1.82) is 0 Å². The fraction of sp³-hybridized carbons (Fsp3) is 0.273. The lowest BCUT2D eigenvalue weighted by molar-refractivity contribution is 1.15. The molecule has 0 saturated carbocycles. The van der Waals surface area contributed by atoms with Crippen molar-refractivity contribution in [1.82, 2.24) is 9.97 Å². The van der Waals surface area contributed by atoms with E-state index in [1.165, 1.54) is 9.75 Å². The van der Waals surface area contributed by atoms with Crippen molar-refractivity contribution in [2.45, 2.75) is 13.8 Å². The van der Waals surface area contributed by atoms with E-state index in [2.05, 4.69) is 57.8 Å². The molecule has 0 aliphatic heterocycles. The van der Waals surface area contributed by atoms with Gasteiger partial charge in [0.2, 0.25) is 0 Å². The van der Waals surface area contributed by atoms with Crippen LogP contribution in [0.5, 0.6) is 0 Å². The van der Waals surface area contributed by atoms with Crippen molar-refractivity contribution in [2.24, 2.45) is 0 Å². The predicted molar refractivity (Wildman–Crippen MR) is 77.1 cm³/mol. The number of halogens is 1. The molecule has 16 heavy (non-hydrogen) atoms. The summed E-state index contributed by atoms with van der Waals surface area (Å²) in [5.74, 6) is 1.68. The van der Waals surface area contributed by atoms with Crippen LogP contribution >= 0.6 is 33.9 Å². The van der Waals surface area contributed by atoms with Crippen LogP contribution in [-0.2, 0) is 0 Å². The van der Waals surface area contributed by atoms with E-state index in [1.807, 2.05) is 13.2 Å². The Hall–Kier alpha value is -0.690. The highest BCUT2D eigenvalue weighted by molar-refractivity contribution is 14.1. The highest BCUT2D eigenvalue weighted by atomic mass is 127. The molecule has 0 amide bonds. The molecule has 0 bridgehead atoms. The molecule has 0 aromatic carbocycles. The normalized spacial score (nSPS) is 10.5. The first-order valence-electron chi connectivity index (χ1n) is 4.89. The Morgan fingerprint density at radius 1 is 1.38 bits per heavy atom. The number of thiophene rings is 1. The van der Waals surface area contributed by atoms with Gasteiger partial charge in [0.15, 0.2) is 5.82 Å². The lowest BCUT2D eigenvalue weighted by Crippen LogP contribution is -1.99. The summed E-state index contributed by atoms with van der Waals surface area (Å²) in [5.41, 5.74) is 1.13. The Morgan fingerprint density at radius 2 is 2.12 bits per heavy atom. The summed E-state index contributed by atoms with van der Waals surface area (Å²) in [6, 6.07) is 2.14. The van der Waals surface area contributed by atoms with Crippen molar-refractivity contribution in [3.63, 3.8) is 0 Å². The summed E-state index contributed by atoms with van der Waals surface area (Å²) in [4.78, 5) is 11.4. The minimum atomic E-state index is 0.798. The molecular formula is C11H12IN3S. The van der Waals surface area contributed by atoms with Crippen LogP contribution in [0.3, 0.4) is 0 Å². The highest BCUT2D eigenvalue weighted by Crippen LogP contribution is 2.29. The third-order valence-corrected chi connectivity index (χ3v) is 4.02. The third-order valence-electron chi connectivity index (χ3n) is 2.26. The number of nitrogens with zero attached hydrogens (tertiary/aromatic N) is 2. The monoisotopic (exact) mass is 345 g/mol. The molecule has 2 heterocycles. The molecular weight excluding hydrogens is 333 g/mol. The first-order chi connectivity index (χ1) is 7.61. The lowest BCUT2D eigenvalue weighted by atomic mass is 10.2. The van der Waals surface area contributed by atoms with Crippen LogP contribution in [0.4, 0.5) is 5.82 Å². The highest BCUT2D eigenvalue weighted by Gasteiger charge is 2.10. The van der Waals surface area contributed by atoms with E-state index in [0.717, 1.165) is 20.8 Å². The molecule has 0 atom stereocenters. The summed E-state index contributed by atoms with van der Waals surface area (Å²) >= 11 is 4.00. The largest absolute Gasteiger partial charge is 0.372 e. The van der Waals surface area contributed by atoms with E-state index in [9.17, 15) is 0 Å². The second-order valence-corrected chi connectivity index (χ2v) is 6.09. The zero-order valence-electron chi connectivity index (χ0n) is 9.34. The van der Waals surface area contributed by atoms with Crippen LogP contribution < -0.4 is 5.32 Å². The second kappa shape index (κ2) is 4.67. The fourth-order valence-corrected chi connectivity index (χ4v) is 2.97. The molecule has 2 rings (SSSR count). The topological polar surface area (TPSA) is 37.8 Å². The summed E-state index contributed by atoms with van der Waals surface area (Å²) < 4.78 is 1.04. The van der Waals surface area contributed by atoms with Crippen molar-refractivity contribution in [2.75, 3.05) is 12.4 Å². The van der Waals surface area contributed by atoms with Gasteiger partial charge in [0, 0.05) is 28.6 Å². The molecule has 0 unspecified atom stereocenters. The Morgan fingerprint density at radius 3 is 2.69 bits per heavy atom. The first kappa shape index (κ1) is 11.8. The molecule has 0 fully saturated rings. The first-order valence-corrected chi connectivity index (χ1v) is 6.79. The standard InChI is InChI=1S/C11H12IN3S/c1-6-4-8(7(2)16-6)10-14-5-9(12)11(13-3)15-10/h4-5H,1-3H3,(H,13,14,15). The predicted octanol–water partition coefficient (Wildman–Crippen LogP) is 3.47. The molecule has 2 aromatic heterocycles. The Kier molecular flexibility index (Phi) is 3.44. The zero-order valence-corrected chi connectivity index (χ0v) is 12.3. The van der Waals surface area contributed by atoms with Crippen molar-refractivity contribution in [3.05, 3.63) is 25.6 Å². The smallest absolute Gasteiger partial charge is 0.162 e. The zero-order chi connectivity index (χ0) is 11.7. The van der Waals surface area contributed by atoms with Gasteiger partial charge in [-0.15, -0.1) is 11.3 Å². The van der Waals surface area contributed by atoms with Crippen LogP contribution in [0, 0.1) is 17.4 Å². The molecule has 2 aromatic rings. The number of aryl methyl sites for hydroxylation is 2. The van der Waals surface area contributed by atoms with Gasteiger partial charge in [-0.2, -0.15) is 0 Å². The molecule has 0 aliphatic carbocycles. The van der Waals surface area contributed by atoms with E-state index in [4.69, 9.17) is 0 Å². The summed E-state index contributed by atoms with van der Waals surface area (Å²) in [6.45, 7) is 4.21.